The van der Waals surface area contributed by atoms with E-state index in [2.05, 4.69) is 4.74 Å². The zero-order valence-corrected chi connectivity index (χ0v) is 8.32. The maximum atomic E-state index is 11.3. The van der Waals surface area contributed by atoms with Crippen molar-refractivity contribution in [2.75, 3.05) is 13.2 Å². The van der Waals surface area contributed by atoms with Gasteiger partial charge in [-0.25, -0.2) is 9.59 Å². The molecule has 1 aromatic carbocycles. The lowest BCUT2D eigenvalue weighted by Crippen LogP contribution is -1.98. The molecule has 16 heavy (non-hydrogen) atoms. The van der Waals surface area contributed by atoms with Crippen LogP contribution in [0.25, 0.3) is 0 Å². The molecule has 0 saturated carbocycles. The fraction of sp³-hybridized carbons (Fsp3) is 0.273. The second kappa shape index (κ2) is 3.23. The Morgan fingerprint density at radius 3 is 1.88 bits per heavy atom. The summed E-state index contributed by atoms with van der Waals surface area (Å²) in [6, 6.07) is 3.01. The normalized spacial score (nSPS) is 17.8. The topological polar surface area (TPSA) is 61.8 Å². The molecule has 0 spiro atoms. The predicted molar refractivity (Wildman–Crippen MR) is 51.8 cm³/mol. The first kappa shape index (κ1) is 9.21. The van der Waals surface area contributed by atoms with Gasteiger partial charge in [-0.05, 0) is 12.1 Å². The molecule has 0 amide bonds. The van der Waals surface area contributed by atoms with Gasteiger partial charge in [0.15, 0.2) is 11.5 Å². The third kappa shape index (κ3) is 1.25. The first-order chi connectivity index (χ1) is 7.75. The molecule has 0 aromatic heterocycles. The molecule has 0 radical (unpaired) electrons. The Kier molecular flexibility index (Phi) is 1.86. The van der Waals surface area contributed by atoms with Gasteiger partial charge in [0, 0.05) is 6.42 Å². The van der Waals surface area contributed by atoms with E-state index in [4.69, 9.17) is 9.47 Å². The smallest absolute Gasteiger partial charge is 0.347 e. The number of hydrogen-bond donors (Lipinski definition) is 0. The van der Waals surface area contributed by atoms with Crippen molar-refractivity contribution in [2.24, 2.45) is 0 Å². The summed E-state index contributed by atoms with van der Waals surface area (Å²) >= 11 is 0. The van der Waals surface area contributed by atoms with Crippen molar-refractivity contribution in [3.05, 3.63) is 23.3 Å². The molecule has 5 heteroatoms. The first-order valence-corrected chi connectivity index (χ1v) is 4.96. The van der Waals surface area contributed by atoms with Crippen molar-refractivity contribution in [2.45, 2.75) is 6.42 Å². The molecule has 2 aliphatic rings. The number of carbonyl (C=O) groups is 2. The maximum Gasteiger partial charge on any atom is 0.347 e. The van der Waals surface area contributed by atoms with Crippen LogP contribution in [0.1, 0.15) is 27.1 Å². The number of benzene rings is 1. The van der Waals surface area contributed by atoms with E-state index in [0.29, 0.717) is 24.7 Å². The Balaban J connectivity index is 2.15. The molecule has 2 heterocycles. The number of hydrogen-bond acceptors (Lipinski definition) is 5. The van der Waals surface area contributed by atoms with Crippen LogP contribution in [-0.2, 0) is 4.74 Å². The van der Waals surface area contributed by atoms with Crippen molar-refractivity contribution in [1.29, 1.82) is 0 Å². The Bertz CT molecular complexity index is 448. The van der Waals surface area contributed by atoms with Gasteiger partial charge in [0.25, 0.3) is 0 Å². The molecule has 3 rings (SSSR count). The zero-order valence-electron chi connectivity index (χ0n) is 8.32. The zero-order chi connectivity index (χ0) is 11.1. The van der Waals surface area contributed by atoms with E-state index in [1.165, 1.54) is 12.1 Å². The van der Waals surface area contributed by atoms with E-state index >= 15 is 0 Å². The minimum absolute atomic E-state index is 0.245. The second-order valence-corrected chi connectivity index (χ2v) is 3.57. The molecule has 82 valence electrons. The van der Waals surface area contributed by atoms with Gasteiger partial charge in [-0.2, -0.15) is 0 Å². The van der Waals surface area contributed by atoms with E-state index in [9.17, 15) is 9.59 Å². The molecule has 0 unspecified atom stereocenters. The molecule has 5 nitrogen and oxygen atoms in total. The third-order valence-corrected chi connectivity index (χ3v) is 2.51. The summed E-state index contributed by atoms with van der Waals surface area (Å²) in [6.45, 7) is 1.07. The van der Waals surface area contributed by atoms with Gasteiger partial charge in [0.2, 0.25) is 0 Å². The summed E-state index contributed by atoms with van der Waals surface area (Å²) in [7, 11) is 0. The first-order valence-electron chi connectivity index (χ1n) is 4.96. The number of ether oxygens (including phenoxy) is 3. The summed E-state index contributed by atoms with van der Waals surface area (Å²) in [5, 5.41) is 0. The van der Waals surface area contributed by atoms with Gasteiger partial charge in [-0.15, -0.1) is 0 Å². The number of rotatable bonds is 0. The lowest BCUT2D eigenvalue weighted by molar-refractivity contribution is 0.0443. The predicted octanol–water partition coefficient (Wildman–Crippen LogP) is 1.16. The molecular weight excluding hydrogens is 212 g/mol. The Hall–Kier alpha value is -2.04. The monoisotopic (exact) mass is 220 g/mol. The van der Waals surface area contributed by atoms with Crippen molar-refractivity contribution in [3.8, 4) is 11.5 Å². The standard InChI is InChI=1S/C11H8O5/c12-10-6-4-8-9(15-3-1-2-14-8)5-7(6)11(13)16-10/h4-5H,1-3H2. The summed E-state index contributed by atoms with van der Waals surface area (Å²) in [4.78, 5) is 22.6. The van der Waals surface area contributed by atoms with Crippen LogP contribution in [-0.4, -0.2) is 25.2 Å². The van der Waals surface area contributed by atoms with Gasteiger partial charge in [-0.1, -0.05) is 0 Å². The van der Waals surface area contributed by atoms with Crippen LogP contribution < -0.4 is 9.47 Å². The quantitative estimate of drug-likeness (QED) is 0.485. The van der Waals surface area contributed by atoms with E-state index in [-0.39, 0.29) is 11.1 Å². The van der Waals surface area contributed by atoms with Crippen molar-refractivity contribution < 1.29 is 23.8 Å². The van der Waals surface area contributed by atoms with Gasteiger partial charge >= 0.3 is 11.9 Å². The van der Waals surface area contributed by atoms with Crippen LogP contribution in [0.3, 0.4) is 0 Å². The minimum atomic E-state index is -0.629. The van der Waals surface area contributed by atoms with Crippen molar-refractivity contribution in [1.82, 2.24) is 0 Å². The lowest BCUT2D eigenvalue weighted by Gasteiger charge is -2.07. The molecule has 1 aromatic rings. The van der Waals surface area contributed by atoms with Gasteiger partial charge in [-0.3, -0.25) is 0 Å². The van der Waals surface area contributed by atoms with E-state index < -0.39 is 11.9 Å². The molecular formula is C11H8O5. The molecule has 0 aliphatic carbocycles. The van der Waals surface area contributed by atoms with Crippen LogP contribution in [0, 0.1) is 0 Å². The summed E-state index contributed by atoms with van der Waals surface area (Å²) in [5.74, 6) is -0.280. The molecule has 0 bridgehead atoms. The van der Waals surface area contributed by atoms with Crippen molar-refractivity contribution in [3.63, 3.8) is 0 Å². The van der Waals surface area contributed by atoms with E-state index in [0.717, 1.165) is 6.42 Å². The van der Waals surface area contributed by atoms with Crippen LogP contribution in [0.15, 0.2) is 12.1 Å². The number of carbonyl (C=O) groups excluding carboxylic acids is 2. The SMILES string of the molecule is O=C1OC(=O)c2cc3c(cc21)OCCCO3. The Labute approximate surface area is 90.9 Å². The second-order valence-electron chi connectivity index (χ2n) is 3.57. The number of fused-ring (bicyclic) bond motifs is 2. The van der Waals surface area contributed by atoms with Gasteiger partial charge in [0.05, 0.1) is 24.3 Å². The average Bonchev–Trinajstić information content (AvgIpc) is 2.47. The molecule has 0 N–H and O–H groups in total. The number of esters is 2. The highest BCUT2D eigenvalue weighted by molar-refractivity contribution is 6.15. The molecule has 0 fully saturated rings. The van der Waals surface area contributed by atoms with Gasteiger partial charge in [0.1, 0.15) is 0 Å². The summed E-state index contributed by atoms with van der Waals surface area (Å²) < 4.78 is 15.3. The highest BCUT2D eigenvalue weighted by atomic mass is 16.6. The third-order valence-electron chi connectivity index (χ3n) is 2.51. The van der Waals surface area contributed by atoms with Crippen LogP contribution in [0.2, 0.25) is 0 Å². The Morgan fingerprint density at radius 2 is 1.38 bits per heavy atom. The van der Waals surface area contributed by atoms with Crippen LogP contribution in [0.5, 0.6) is 11.5 Å². The fourth-order valence-electron chi connectivity index (χ4n) is 1.74. The highest BCUT2D eigenvalue weighted by Gasteiger charge is 2.32. The van der Waals surface area contributed by atoms with Crippen LogP contribution in [0.4, 0.5) is 0 Å². The minimum Gasteiger partial charge on any atom is -0.490 e. The maximum absolute atomic E-state index is 11.3. The highest BCUT2D eigenvalue weighted by Crippen LogP contribution is 2.35. The van der Waals surface area contributed by atoms with Gasteiger partial charge < -0.3 is 14.2 Å². The summed E-state index contributed by atoms with van der Waals surface area (Å²) in [6.07, 6.45) is 0.776. The molecule has 0 atom stereocenters. The van der Waals surface area contributed by atoms with E-state index in [1.807, 2.05) is 0 Å². The van der Waals surface area contributed by atoms with Crippen molar-refractivity contribution >= 4 is 11.9 Å². The Morgan fingerprint density at radius 1 is 0.875 bits per heavy atom. The summed E-state index contributed by atoms with van der Waals surface area (Å²) in [5.41, 5.74) is 0.489. The number of cyclic esters (lactones) is 2. The average molecular weight is 220 g/mol. The van der Waals surface area contributed by atoms with Crippen LogP contribution >= 0.6 is 0 Å². The van der Waals surface area contributed by atoms with E-state index in [1.54, 1.807) is 0 Å². The largest absolute Gasteiger partial charge is 0.490 e. The molecule has 0 saturated heterocycles. The molecule has 2 aliphatic heterocycles. The lowest BCUT2D eigenvalue weighted by atomic mass is 10.1. The fourth-order valence-corrected chi connectivity index (χ4v) is 1.74.